The third kappa shape index (κ3) is 9.74. The van der Waals surface area contributed by atoms with E-state index in [9.17, 15) is 5.11 Å². The molecule has 0 bridgehead atoms. The first-order valence-corrected chi connectivity index (χ1v) is 25.2. The third-order valence-corrected chi connectivity index (χ3v) is 14.0. The predicted octanol–water partition coefficient (Wildman–Crippen LogP) is 18.4. The molecule has 0 aliphatic carbocycles. The van der Waals surface area contributed by atoms with Gasteiger partial charge in [-0.25, -0.2) is 4.98 Å². The molecule has 71 heavy (non-hydrogen) atoms. The van der Waals surface area contributed by atoms with Crippen molar-refractivity contribution >= 4 is 11.0 Å². The Bertz CT molecular complexity index is 3460. The largest absolute Gasteiger partial charge is 0.507 e. The molecule has 9 rings (SSSR count). The molecule has 0 aliphatic heterocycles. The van der Waals surface area contributed by atoms with Crippen LogP contribution in [0.2, 0.25) is 0 Å². The highest BCUT2D eigenvalue weighted by Crippen LogP contribution is 2.48. The minimum absolute atomic E-state index is 0.185. The summed E-state index contributed by atoms with van der Waals surface area (Å²) in [5.74, 6) is 0.238. The van der Waals surface area contributed by atoms with E-state index in [0.29, 0.717) is 11.4 Å². The van der Waals surface area contributed by atoms with Gasteiger partial charge >= 0.3 is 0 Å². The average molecular weight is 935 g/mol. The Morgan fingerprint density at radius 3 is 1.65 bits per heavy atom. The molecule has 0 unspecified atom stereocenters. The van der Waals surface area contributed by atoms with Gasteiger partial charge in [-0.1, -0.05) is 206 Å². The van der Waals surface area contributed by atoms with Gasteiger partial charge in [0.1, 0.15) is 11.6 Å². The van der Waals surface area contributed by atoms with Crippen molar-refractivity contribution in [1.29, 1.82) is 0 Å². The molecule has 0 saturated carbocycles. The number of aromatic hydroxyl groups is 1. The Morgan fingerprint density at radius 1 is 0.465 bits per heavy atom. The zero-order chi connectivity index (χ0) is 51.7. The molecule has 2 aromatic heterocycles. The normalized spacial score (nSPS) is 12.9. The highest BCUT2D eigenvalue weighted by atomic mass is 16.3. The van der Waals surface area contributed by atoms with Gasteiger partial charge < -0.3 is 5.11 Å². The van der Waals surface area contributed by atoms with Crippen molar-refractivity contribution in [2.75, 3.05) is 0 Å². The summed E-state index contributed by atoms with van der Waals surface area (Å²) in [4.78, 5) is 10.8. The molecule has 360 valence electrons. The maximum atomic E-state index is 12.8. The smallest absolute Gasteiger partial charge is 0.149 e. The molecule has 9 aromatic rings. The van der Waals surface area contributed by atoms with Crippen LogP contribution in [0, 0.1) is 0 Å². The van der Waals surface area contributed by atoms with Crippen molar-refractivity contribution in [2.45, 2.75) is 124 Å². The van der Waals surface area contributed by atoms with Gasteiger partial charge in [0.05, 0.1) is 28.0 Å². The van der Waals surface area contributed by atoms with Gasteiger partial charge in [-0.3, -0.25) is 9.55 Å². The SMILES string of the molecule is [2H]C(C)(C)c1ccc(-c2ccnc(-c3cc(-c4cccc5c4nc(-c4cc(C(C)(C)C)cc(C(C)(C)C)c4O)n5-c4cc(-c5ccccc5)c(C(C)(C)C)cc4-c4ccccc4)cc(C(C)(C)C)c3)c2)cc1. The number of fused-ring (bicyclic) bond motifs is 1. The molecule has 1 N–H and O–H groups in total. The summed E-state index contributed by atoms with van der Waals surface area (Å²) in [6, 6.07) is 56.5. The van der Waals surface area contributed by atoms with E-state index in [0.717, 1.165) is 89.2 Å². The number of phenolic OH excluding ortho intramolecular Hbond substituents is 1. The minimum atomic E-state index is -0.677. The zero-order valence-electron chi connectivity index (χ0n) is 45.4. The molecule has 0 saturated heterocycles. The number of phenols is 1. The van der Waals surface area contributed by atoms with Gasteiger partial charge in [0.25, 0.3) is 0 Å². The van der Waals surface area contributed by atoms with Crippen LogP contribution in [0.25, 0.3) is 83.9 Å². The summed E-state index contributed by atoms with van der Waals surface area (Å²) >= 11 is 0. The number of hydrogen-bond acceptors (Lipinski definition) is 3. The molecule has 4 heteroatoms. The van der Waals surface area contributed by atoms with Crippen LogP contribution in [0.15, 0.2) is 164 Å². The molecule has 0 amide bonds. The molecule has 0 spiro atoms. The maximum Gasteiger partial charge on any atom is 0.149 e. The standard InChI is InChI=1S/C67H71N3O/c1-42(2)43-28-30-44(31-29-43)47-32-33-68-58(37-47)49-34-48(35-50(36-49)64(3,4)5)52-26-21-27-59-61(52)69-63(55-38-51(65(6,7)8)39-57(62(55)71)67(12,13)14)70(59)60-41-53(45-22-17-15-18-23-45)56(66(9,10)11)40-54(60)46-24-19-16-20-25-46/h15-42,71H,1-14H3/i42D. The quantitative estimate of drug-likeness (QED) is 0.165. The van der Waals surface area contributed by atoms with E-state index in [-0.39, 0.29) is 27.4 Å². The van der Waals surface area contributed by atoms with Crippen LogP contribution in [0.5, 0.6) is 5.75 Å². The van der Waals surface area contributed by atoms with E-state index in [1.54, 1.807) is 0 Å². The molecule has 2 heterocycles. The van der Waals surface area contributed by atoms with E-state index in [2.05, 4.69) is 245 Å². The Morgan fingerprint density at radius 2 is 1.06 bits per heavy atom. The first kappa shape index (κ1) is 47.6. The molecule has 0 radical (unpaired) electrons. The van der Waals surface area contributed by atoms with Gasteiger partial charge in [-0.05, 0) is 132 Å². The summed E-state index contributed by atoms with van der Waals surface area (Å²) < 4.78 is 10.9. The van der Waals surface area contributed by atoms with Gasteiger partial charge in [-0.15, -0.1) is 0 Å². The number of imidazole rings is 1. The fraction of sp³-hybridized carbons (Fsp3) is 0.284. The predicted molar refractivity (Wildman–Crippen MR) is 302 cm³/mol. The number of hydrogen-bond donors (Lipinski definition) is 1. The molecule has 0 aliphatic rings. The van der Waals surface area contributed by atoms with Gasteiger partial charge in [0.2, 0.25) is 0 Å². The summed E-state index contributed by atoms with van der Waals surface area (Å²) in [6.45, 7) is 30.7. The molecular formula is C67H71N3O. The maximum absolute atomic E-state index is 12.8. The monoisotopic (exact) mass is 935 g/mol. The number of aromatic nitrogens is 3. The van der Waals surface area contributed by atoms with Gasteiger partial charge in [0, 0.05) is 29.8 Å². The van der Waals surface area contributed by atoms with E-state index >= 15 is 0 Å². The number of benzene rings is 7. The third-order valence-electron chi connectivity index (χ3n) is 14.0. The van der Waals surface area contributed by atoms with Crippen molar-refractivity contribution in [3.63, 3.8) is 0 Å². The highest BCUT2D eigenvalue weighted by Gasteiger charge is 2.31. The van der Waals surface area contributed by atoms with Crippen molar-refractivity contribution in [3.8, 4) is 78.6 Å². The molecule has 4 nitrogen and oxygen atoms in total. The summed E-state index contributed by atoms with van der Waals surface area (Å²) in [5, 5.41) is 12.8. The minimum Gasteiger partial charge on any atom is -0.507 e. The Labute approximate surface area is 425 Å². The van der Waals surface area contributed by atoms with Crippen LogP contribution >= 0.6 is 0 Å². The van der Waals surface area contributed by atoms with Crippen LogP contribution in [0.3, 0.4) is 0 Å². The van der Waals surface area contributed by atoms with Gasteiger partial charge in [-0.2, -0.15) is 0 Å². The fourth-order valence-corrected chi connectivity index (χ4v) is 9.79. The topological polar surface area (TPSA) is 50.9 Å². The number of nitrogens with zero attached hydrogens (tertiary/aromatic N) is 3. The van der Waals surface area contributed by atoms with Crippen LogP contribution in [0.1, 0.15) is 132 Å². The highest BCUT2D eigenvalue weighted by molar-refractivity contribution is 5.98. The lowest BCUT2D eigenvalue weighted by Gasteiger charge is -2.28. The molecular weight excluding hydrogens is 863 g/mol. The fourth-order valence-electron chi connectivity index (χ4n) is 9.79. The van der Waals surface area contributed by atoms with Crippen molar-refractivity contribution < 1.29 is 6.48 Å². The average Bonchev–Trinajstić information content (AvgIpc) is 3.72. The van der Waals surface area contributed by atoms with Crippen LogP contribution < -0.4 is 0 Å². The van der Waals surface area contributed by atoms with Crippen LogP contribution in [-0.4, -0.2) is 19.6 Å². The Hall–Kier alpha value is -7.04. The van der Waals surface area contributed by atoms with E-state index in [1.165, 1.54) is 11.1 Å². The number of pyridine rings is 1. The second-order valence-corrected chi connectivity index (χ2v) is 23.8. The lowest BCUT2D eigenvalue weighted by molar-refractivity contribution is 0.446. The van der Waals surface area contributed by atoms with Crippen molar-refractivity contribution in [2.24, 2.45) is 0 Å². The van der Waals surface area contributed by atoms with E-state index < -0.39 is 5.89 Å². The lowest BCUT2D eigenvalue weighted by Crippen LogP contribution is -2.17. The summed E-state index contributed by atoms with van der Waals surface area (Å²) in [6.07, 6.45) is 1.90. The van der Waals surface area contributed by atoms with Crippen LogP contribution in [-0.2, 0) is 21.7 Å². The van der Waals surface area contributed by atoms with Crippen LogP contribution in [0.4, 0.5) is 0 Å². The second-order valence-electron chi connectivity index (χ2n) is 23.8. The molecule has 0 atom stereocenters. The number of rotatable bonds is 8. The first-order chi connectivity index (χ1) is 33.8. The first-order valence-electron chi connectivity index (χ1n) is 25.7. The molecule has 0 fully saturated rings. The van der Waals surface area contributed by atoms with E-state index in [1.807, 2.05) is 20.0 Å². The number of para-hydroxylation sites is 1. The van der Waals surface area contributed by atoms with Gasteiger partial charge in [0.15, 0.2) is 0 Å². The second kappa shape index (κ2) is 18.3. The van der Waals surface area contributed by atoms with E-state index in [4.69, 9.17) is 11.3 Å². The lowest BCUT2D eigenvalue weighted by atomic mass is 9.78. The molecule has 7 aromatic carbocycles. The summed E-state index contributed by atoms with van der Waals surface area (Å²) in [5.41, 5.74) is 18.4. The van der Waals surface area contributed by atoms with Crippen molar-refractivity contribution in [3.05, 3.63) is 192 Å². The van der Waals surface area contributed by atoms with Crippen molar-refractivity contribution in [1.82, 2.24) is 14.5 Å². The Kier molecular flexibility index (Phi) is 12.3. The Balaban J connectivity index is 1.38. The summed E-state index contributed by atoms with van der Waals surface area (Å²) in [7, 11) is 0. The zero-order valence-corrected chi connectivity index (χ0v) is 44.4.